The van der Waals surface area contributed by atoms with E-state index in [1.807, 2.05) is 5.32 Å². The lowest BCUT2D eigenvalue weighted by Gasteiger charge is -1.88. The average molecular weight is 307 g/mol. The van der Waals surface area contributed by atoms with Crippen LogP contribution in [0, 0.1) is 0 Å². The van der Waals surface area contributed by atoms with Crippen molar-refractivity contribution in [2.75, 3.05) is 6.26 Å². The standard InChI is InChI=1S/C4H5NO3.CH4O5S2.H4N2/c6-2-1-3(7)5-4(2)8;1-7(2,3)8(4,5)6;1-2/h2,6H,1H2,(H,5,7,8);1H3,(H,4,5,6);1-2H2. The molecule has 0 aromatic carbocycles. The van der Waals surface area contributed by atoms with Gasteiger partial charge in [-0.15, -0.1) is 0 Å². The van der Waals surface area contributed by atoms with Crippen molar-refractivity contribution < 1.29 is 36.1 Å². The van der Waals surface area contributed by atoms with E-state index in [1.54, 1.807) is 0 Å². The summed E-state index contributed by atoms with van der Waals surface area (Å²) in [4.78, 5) is 20.4. The number of rotatable bonds is 1. The third kappa shape index (κ3) is 7.25. The van der Waals surface area contributed by atoms with Gasteiger partial charge in [-0.05, 0) is 0 Å². The SMILES string of the molecule is CS(=O)(=O)S(=O)(=O)O.NN.O=C1CC(O)C(=O)N1. The summed E-state index contributed by atoms with van der Waals surface area (Å²) >= 11 is 0. The Morgan fingerprint density at radius 1 is 1.22 bits per heavy atom. The molecule has 1 aliphatic heterocycles. The highest BCUT2D eigenvalue weighted by Crippen LogP contribution is 1.98. The molecule has 1 heterocycles. The molecule has 0 aromatic rings. The normalized spacial score (nSPS) is 19.1. The third-order valence-electron chi connectivity index (χ3n) is 1.33. The minimum atomic E-state index is -4.87. The molecule has 1 aliphatic rings. The number of carbonyl (C=O) groups excluding carboxylic acids is 2. The van der Waals surface area contributed by atoms with Crippen LogP contribution in [0.25, 0.3) is 0 Å². The summed E-state index contributed by atoms with van der Waals surface area (Å²) in [7, 11) is -9.18. The van der Waals surface area contributed by atoms with Crippen LogP contribution in [0.2, 0.25) is 0 Å². The fourth-order valence-corrected chi connectivity index (χ4v) is 0.540. The molecule has 0 bridgehead atoms. The van der Waals surface area contributed by atoms with Gasteiger partial charge in [-0.2, -0.15) is 8.42 Å². The number of imide groups is 1. The Morgan fingerprint density at radius 2 is 1.56 bits per heavy atom. The van der Waals surface area contributed by atoms with Crippen LogP contribution in [0.3, 0.4) is 0 Å². The number of aliphatic hydroxyl groups excluding tert-OH is 1. The first-order valence-corrected chi connectivity index (χ1v) is 7.82. The van der Waals surface area contributed by atoms with Gasteiger partial charge < -0.3 is 5.11 Å². The molecule has 18 heavy (non-hydrogen) atoms. The topological polar surface area (TPSA) is 207 Å². The van der Waals surface area contributed by atoms with Gasteiger partial charge in [0, 0.05) is 0 Å². The second-order valence-electron chi connectivity index (χ2n) is 2.76. The molecule has 11 nitrogen and oxygen atoms in total. The van der Waals surface area contributed by atoms with Crippen molar-refractivity contribution in [2.24, 2.45) is 11.7 Å². The lowest BCUT2D eigenvalue weighted by Crippen LogP contribution is -2.24. The number of nitrogens with one attached hydrogen (secondary N) is 1. The summed E-state index contributed by atoms with van der Waals surface area (Å²) in [5.41, 5.74) is 0. The lowest BCUT2D eigenvalue weighted by atomic mass is 10.3. The molecule has 0 aliphatic carbocycles. The first-order valence-electron chi connectivity index (χ1n) is 3.97. The Kier molecular flexibility index (Phi) is 7.84. The van der Waals surface area contributed by atoms with Gasteiger partial charge in [0.05, 0.1) is 12.7 Å². The molecule has 0 aromatic heterocycles. The fourth-order valence-electron chi connectivity index (χ4n) is 0.540. The maximum absolute atomic E-state index is 10.2. The molecular weight excluding hydrogens is 294 g/mol. The van der Waals surface area contributed by atoms with Crippen molar-refractivity contribution in [1.82, 2.24) is 5.32 Å². The van der Waals surface area contributed by atoms with Gasteiger partial charge >= 0.3 is 9.15 Å². The number of carbonyl (C=O) groups is 2. The molecule has 0 spiro atoms. The molecule has 1 unspecified atom stereocenters. The van der Waals surface area contributed by atoms with E-state index in [9.17, 15) is 26.4 Å². The van der Waals surface area contributed by atoms with Crippen LogP contribution in [-0.4, -0.2) is 50.7 Å². The van der Waals surface area contributed by atoms with E-state index in [1.165, 1.54) is 0 Å². The van der Waals surface area contributed by atoms with Crippen molar-refractivity contribution in [3.8, 4) is 0 Å². The molecule has 0 saturated carbocycles. The van der Waals surface area contributed by atoms with Crippen molar-refractivity contribution in [1.29, 1.82) is 0 Å². The van der Waals surface area contributed by atoms with Crippen LogP contribution in [0.4, 0.5) is 0 Å². The van der Waals surface area contributed by atoms with Crippen molar-refractivity contribution >= 4 is 29.8 Å². The number of hydrogen-bond donors (Lipinski definition) is 5. The Labute approximate surface area is 102 Å². The Hall–Kier alpha value is -1.12. The molecule has 1 fully saturated rings. The average Bonchev–Trinajstić information content (AvgIpc) is 2.45. The predicted octanol–water partition coefficient (Wildman–Crippen LogP) is -3.95. The number of nitrogens with two attached hydrogens (primary N) is 2. The van der Waals surface area contributed by atoms with Crippen LogP contribution >= 0.6 is 0 Å². The third-order valence-corrected chi connectivity index (χ3v) is 4.39. The van der Waals surface area contributed by atoms with Gasteiger partial charge in [0.1, 0.15) is 6.10 Å². The maximum Gasteiger partial charge on any atom is 0.372 e. The largest absolute Gasteiger partial charge is 0.383 e. The molecule has 7 N–H and O–H groups in total. The van der Waals surface area contributed by atoms with E-state index < -0.39 is 35.9 Å². The lowest BCUT2D eigenvalue weighted by molar-refractivity contribution is -0.127. The molecule has 2 amide bonds. The second-order valence-corrected chi connectivity index (χ2v) is 8.11. The quantitative estimate of drug-likeness (QED) is 0.104. The molecule has 1 rings (SSSR count). The zero-order chi connectivity index (χ0) is 15.1. The minimum Gasteiger partial charge on any atom is -0.383 e. The van der Waals surface area contributed by atoms with Gasteiger partial charge in [-0.3, -0.25) is 31.1 Å². The van der Waals surface area contributed by atoms with E-state index in [0.717, 1.165) is 0 Å². The molecule has 1 saturated heterocycles. The Morgan fingerprint density at radius 3 is 1.61 bits per heavy atom. The number of hydrazine groups is 1. The van der Waals surface area contributed by atoms with Crippen molar-refractivity contribution in [2.45, 2.75) is 12.5 Å². The van der Waals surface area contributed by atoms with Crippen LogP contribution in [0.1, 0.15) is 6.42 Å². The van der Waals surface area contributed by atoms with Crippen molar-refractivity contribution in [3.63, 3.8) is 0 Å². The van der Waals surface area contributed by atoms with Gasteiger partial charge in [-0.25, -0.2) is 8.42 Å². The van der Waals surface area contributed by atoms with E-state index in [4.69, 9.17) is 9.66 Å². The van der Waals surface area contributed by atoms with Crippen LogP contribution in [0.5, 0.6) is 0 Å². The highest BCUT2D eigenvalue weighted by atomic mass is 33.2. The summed E-state index contributed by atoms with van der Waals surface area (Å²) in [6.45, 7) is 0. The monoisotopic (exact) mass is 307 g/mol. The molecule has 108 valence electrons. The summed E-state index contributed by atoms with van der Waals surface area (Å²) in [5, 5.41) is 10.5. The van der Waals surface area contributed by atoms with Gasteiger partial charge in [0.2, 0.25) is 5.91 Å². The Balaban J connectivity index is 0. The number of aliphatic hydroxyl groups is 1. The zero-order valence-electron chi connectivity index (χ0n) is 9.10. The van der Waals surface area contributed by atoms with Crippen molar-refractivity contribution in [3.05, 3.63) is 0 Å². The number of hydrogen-bond acceptors (Lipinski definition) is 9. The molecule has 1 atom stereocenters. The number of amides is 2. The van der Waals surface area contributed by atoms with Crippen LogP contribution < -0.4 is 17.0 Å². The summed E-state index contributed by atoms with van der Waals surface area (Å²) in [6.07, 6.45) is -0.788. The molecule has 13 heteroatoms. The first kappa shape index (κ1) is 19.2. The minimum absolute atomic E-state index is 0.0845. The van der Waals surface area contributed by atoms with E-state index >= 15 is 0 Å². The van der Waals surface area contributed by atoms with Crippen LogP contribution in [0.15, 0.2) is 0 Å². The summed E-state index contributed by atoms with van der Waals surface area (Å²) in [6, 6.07) is 0. The zero-order valence-corrected chi connectivity index (χ0v) is 10.7. The maximum atomic E-state index is 10.2. The van der Waals surface area contributed by atoms with E-state index in [-0.39, 0.29) is 6.42 Å². The Bertz CT molecular complexity index is 465. The summed E-state index contributed by atoms with van der Waals surface area (Å²) < 4.78 is 46.6. The van der Waals surface area contributed by atoms with E-state index in [0.29, 0.717) is 6.26 Å². The molecular formula is C5H13N3O8S2. The smallest absolute Gasteiger partial charge is 0.372 e. The van der Waals surface area contributed by atoms with E-state index in [2.05, 4.69) is 11.7 Å². The summed E-state index contributed by atoms with van der Waals surface area (Å²) in [5.74, 6) is 7.01. The fraction of sp³-hybridized carbons (Fsp3) is 0.600. The van der Waals surface area contributed by atoms with Gasteiger partial charge in [0.25, 0.3) is 14.8 Å². The highest BCUT2D eigenvalue weighted by Gasteiger charge is 2.27. The second kappa shape index (κ2) is 7.34. The first-order chi connectivity index (χ1) is 7.95. The van der Waals surface area contributed by atoms with Gasteiger partial charge in [0.15, 0.2) is 0 Å². The highest BCUT2D eigenvalue weighted by molar-refractivity contribution is 8.64. The predicted molar refractivity (Wildman–Crippen MR) is 58.5 cm³/mol. The van der Waals surface area contributed by atoms with Gasteiger partial charge in [-0.1, -0.05) is 0 Å². The van der Waals surface area contributed by atoms with Crippen LogP contribution in [-0.2, 0) is 27.6 Å². The molecule has 0 radical (unpaired) electrons.